The molecule has 2 aromatic heterocycles. The number of rotatable bonds is 42. The van der Waals surface area contributed by atoms with Gasteiger partial charge in [0.05, 0.1) is 0 Å². The van der Waals surface area contributed by atoms with E-state index in [1.54, 1.807) is 20.9 Å². The number of carbonyl (C=O) groups is 2. The van der Waals surface area contributed by atoms with E-state index in [0.29, 0.717) is 11.1 Å². The highest BCUT2D eigenvalue weighted by Gasteiger charge is 2.42. The predicted molar refractivity (Wildman–Crippen MR) is 534 cm³/mol. The number of benzene rings is 13. The third-order valence-corrected chi connectivity index (χ3v) is 29.8. The lowest BCUT2D eigenvalue weighted by molar-refractivity contribution is 0.101. The number of aryl methyl sites for hydroxylation is 4. The van der Waals surface area contributed by atoms with Gasteiger partial charge in [-0.05, 0) is 269 Å². The normalized spacial score (nSPS) is 13.3. The zero-order valence-corrected chi connectivity index (χ0v) is 75.7. The van der Waals surface area contributed by atoms with Gasteiger partial charge >= 0.3 is 0 Å². The van der Waals surface area contributed by atoms with E-state index in [1.807, 2.05) is 60.7 Å². The molecule has 0 saturated carbocycles. The van der Waals surface area contributed by atoms with Gasteiger partial charge in [0.15, 0.2) is 0 Å². The van der Waals surface area contributed by atoms with Crippen molar-refractivity contribution in [3.63, 3.8) is 0 Å². The van der Waals surface area contributed by atoms with Gasteiger partial charge in [-0.2, -0.15) is 0 Å². The summed E-state index contributed by atoms with van der Waals surface area (Å²) < 4.78 is 0. The highest BCUT2D eigenvalue weighted by Crippen LogP contribution is 2.57. The molecule has 0 fully saturated rings. The molecule has 0 aliphatic heterocycles. The molecule has 0 saturated heterocycles. The zero-order chi connectivity index (χ0) is 84.5. The number of hydrogen-bond acceptors (Lipinski definition) is 4. The summed E-state index contributed by atoms with van der Waals surface area (Å²) in [7, 11) is 0. The minimum atomic E-state index is -0.180. The third-order valence-electron chi connectivity index (χ3n) is 27.3. The number of thiophene rings is 2. The topological polar surface area (TPSA) is 58.2 Å². The Morgan fingerprint density at radius 3 is 0.960 bits per heavy atom. The molecule has 3 aliphatic carbocycles. The Kier molecular flexibility index (Phi) is 28.6. The molecule has 0 spiro atoms. The predicted octanol–water partition coefficient (Wildman–Crippen LogP) is 34.0. The molecule has 0 radical (unpaired) electrons. The Labute approximate surface area is 746 Å². The first-order valence-electron chi connectivity index (χ1n) is 48.1. The number of hydrogen-bond donors (Lipinski definition) is 2. The van der Waals surface area contributed by atoms with E-state index in [1.165, 1.54) is 339 Å². The second-order valence-electron chi connectivity index (χ2n) is 36.1. The first-order chi connectivity index (χ1) is 61.2. The number of unbranched alkanes of at least 4 members (excludes halogenated alkanes) is 28. The van der Waals surface area contributed by atoms with Crippen LogP contribution in [-0.4, -0.2) is 11.8 Å². The van der Waals surface area contributed by atoms with Gasteiger partial charge in [0.2, 0.25) is 0 Å². The molecule has 2 bridgehead atoms. The van der Waals surface area contributed by atoms with Gasteiger partial charge in [-0.25, -0.2) is 0 Å². The molecular weight excluding hydrogens is 1540 g/mol. The van der Waals surface area contributed by atoms with Crippen molar-refractivity contribution in [1.29, 1.82) is 0 Å². The third kappa shape index (κ3) is 19.4. The number of nitrogens with one attached hydrogen (secondary N) is 2. The Bertz CT molecular complexity index is 5910. The summed E-state index contributed by atoms with van der Waals surface area (Å²) >= 11 is 4.11. The van der Waals surface area contributed by atoms with E-state index in [9.17, 15) is 9.59 Å². The van der Waals surface area contributed by atoms with Gasteiger partial charge in [-0.3, -0.25) is 9.59 Å². The maximum atomic E-state index is 14.3. The van der Waals surface area contributed by atoms with Crippen molar-refractivity contribution in [1.82, 2.24) is 0 Å². The minimum Gasteiger partial charge on any atom is -0.322 e. The zero-order valence-electron chi connectivity index (χ0n) is 74.0. The minimum absolute atomic E-state index is 0.00952. The van der Waals surface area contributed by atoms with Crippen LogP contribution in [-0.2, 0) is 25.7 Å². The molecule has 6 heteroatoms. The largest absolute Gasteiger partial charge is 0.322 e. The maximum Gasteiger partial charge on any atom is 0.255 e. The summed E-state index contributed by atoms with van der Waals surface area (Å²) in [5.41, 5.74) is 19.5. The Hall–Kier alpha value is -10.6. The Balaban J connectivity index is 0.553. The molecule has 4 nitrogen and oxygen atoms in total. The second kappa shape index (κ2) is 41.5. The summed E-state index contributed by atoms with van der Waals surface area (Å²) in [6.45, 7) is 9.22. The quantitative estimate of drug-likeness (QED) is 0.0228. The van der Waals surface area contributed by atoms with Gasteiger partial charge in [0, 0.05) is 76.1 Å². The van der Waals surface area contributed by atoms with Crippen molar-refractivity contribution in [3.05, 3.63) is 306 Å². The lowest BCUT2D eigenvalue weighted by Gasteiger charge is -2.42. The summed E-state index contributed by atoms with van der Waals surface area (Å²) in [5, 5.41) is 21.7. The molecule has 2 N–H and O–H groups in total. The Morgan fingerprint density at radius 1 is 0.282 bits per heavy atom. The molecule has 124 heavy (non-hydrogen) atoms. The highest BCUT2D eigenvalue weighted by atomic mass is 32.1. The summed E-state index contributed by atoms with van der Waals surface area (Å²) in [4.78, 5) is 34.6. The lowest BCUT2D eigenvalue weighted by Crippen LogP contribution is -2.28. The van der Waals surface area contributed by atoms with Gasteiger partial charge < -0.3 is 10.6 Å². The SMILES string of the molecule is CCCCCCCCCCc1cc(-c2ccc3ccc4c(C#Cc5ccc(C(=O)Nc6ccc7c(c6)C6c8ccccc8C7c7ccc(NC(=O)c8ccc(C#Cc9ccc%10ccc%11c(-c%12cc(CCCCCCCCCC)c(CCCCCCCCCC)s%12)ccc%12ccc9c%10c%12%11)cc8)cc76)cc5)ccc5ccc2c3c54)sc1CCCCCCCCCC. The number of anilines is 2. The first kappa shape index (κ1) is 85.6. The van der Waals surface area contributed by atoms with Crippen molar-refractivity contribution in [2.75, 3.05) is 10.6 Å². The average molecular weight is 1670 g/mol. The standard InChI is InChI=1S/C118H124N2O2S2/c1-5-9-13-17-21-25-29-33-39-91-77-109(123-107(91)43-35-31-27-23-19-15-11-7-3)97-71-63-87-61-69-95-83(57-59-85-65-73-101(97)113(87)111(85)95)51-45-81-47-53-89(54-48-81)117(121)119-93-67-75-103-105(79-93)116-100-42-38-37-41-99(100)115(103)104-76-68-94(80-106(104)116)120-118(122)90-55-49-82(50-56-90)46-52-84-58-60-86-66-74-102-98(72-64-88-62-70-96(84)112(86)114(88)102)110-78-92(40-34-30-26-22-18-14-10-6-2)108(124-110)44-36-32-28-24-20-16-12-8-4/h37-38,41-42,47-50,53-80,115-116H,5-36,39-40,43-44H2,1-4H3,(H,119,121)(H,120,122). The first-order valence-corrected chi connectivity index (χ1v) is 49.7. The average Bonchev–Trinajstić information content (AvgIpc) is 0.784. The molecule has 2 amide bonds. The van der Waals surface area contributed by atoms with Crippen molar-refractivity contribution >= 4 is 110 Å². The van der Waals surface area contributed by atoms with Crippen LogP contribution < -0.4 is 10.6 Å². The van der Waals surface area contributed by atoms with E-state index in [0.717, 1.165) is 44.8 Å². The van der Waals surface area contributed by atoms with Crippen LogP contribution in [0.25, 0.3) is 85.5 Å². The van der Waals surface area contributed by atoms with E-state index in [-0.39, 0.29) is 23.7 Å². The fourth-order valence-electron chi connectivity index (χ4n) is 20.5. The van der Waals surface area contributed by atoms with Crippen LogP contribution in [0.4, 0.5) is 11.4 Å². The van der Waals surface area contributed by atoms with Crippen molar-refractivity contribution in [2.24, 2.45) is 0 Å². The summed E-state index contributed by atoms with van der Waals surface area (Å²) in [6.07, 6.45) is 47.8. The van der Waals surface area contributed by atoms with Crippen molar-refractivity contribution in [2.45, 2.75) is 271 Å². The van der Waals surface area contributed by atoms with Crippen LogP contribution in [0, 0.1) is 23.7 Å². The van der Waals surface area contributed by atoms with Crippen LogP contribution in [0.2, 0.25) is 0 Å². The summed E-state index contributed by atoms with van der Waals surface area (Å²) in [6, 6.07) is 78.8. The van der Waals surface area contributed by atoms with Crippen molar-refractivity contribution < 1.29 is 9.59 Å². The van der Waals surface area contributed by atoms with E-state index in [2.05, 4.69) is 242 Å². The Morgan fingerprint density at radius 2 is 0.589 bits per heavy atom. The van der Waals surface area contributed by atoms with Gasteiger partial charge in [0.25, 0.3) is 11.8 Å². The van der Waals surface area contributed by atoms with Crippen LogP contribution in [0.3, 0.4) is 0 Å². The molecule has 13 aromatic carbocycles. The monoisotopic (exact) mass is 1660 g/mol. The molecule has 630 valence electrons. The van der Waals surface area contributed by atoms with Gasteiger partial charge in [-0.1, -0.05) is 352 Å². The van der Waals surface area contributed by atoms with E-state index < -0.39 is 0 Å². The van der Waals surface area contributed by atoms with Gasteiger partial charge in [-0.15, -0.1) is 22.7 Å². The molecule has 0 atom stereocenters. The fraction of sp³-hybridized carbons (Fsp3) is 0.356. The number of carbonyl (C=O) groups excluding carboxylic acids is 2. The lowest BCUT2D eigenvalue weighted by atomic mass is 9.61. The molecule has 15 aromatic rings. The van der Waals surface area contributed by atoms with Crippen LogP contribution in [0.15, 0.2) is 218 Å². The molecular formula is C118H124N2O2S2. The van der Waals surface area contributed by atoms with Crippen LogP contribution in [0.1, 0.15) is 342 Å². The number of amides is 2. The molecule has 0 unspecified atom stereocenters. The van der Waals surface area contributed by atoms with Crippen LogP contribution >= 0.6 is 22.7 Å². The highest BCUT2D eigenvalue weighted by molar-refractivity contribution is 7.16. The van der Waals surface area contributed by atoms with E-state index in [4.69, 9.17) is 0 Å². The molecule has 18 rings (SSSR count). The fourth-order valence-corrected chi connectivity index (χ4v) is 23.1. The smallest absolute Gasteiger partial charge is 0.255 e. The second-order valence-corrected chi connectivity index (χ2v) is 38.3. The van der Waals surface area contributed by atoms with E-state index >= 15 is 0 Å². The van der Waals surface area contributed by atoms with Crippen molar-refractivity contribution in [3.8, 4) is 44.6 Å². The molecule has 2 heterocycles. The molecule has 3 aliphatic rings. The van der Waals surface area contributed by atoms with Crippen LogP contribution in [0.5, 0.6) is 0 Å². The maximum absolute atomic E-state index is 14.3. The summed E-state index contributed by atoms with van der Waals surface area (Å²) in [5.74, 6) is 13.7. The van der Waals surface area contributed by atoms with Gasteiger partial charge in [0.1, 0.15) is 0 Å².